The average molecular weight is 845 g/mol. The van der Waals surface area contributed by atoms with Crippen LogP contribution in [0.3, 0.4) is 0 Å². The van der Waals surface area contributed by atoms with Gasteiger partial charge >= 0.3 is 5.97 Å². The number of ketones is 2. The molecule has 2 aliphatic heterocycles. The Hall–Kier alpha value is -3.07. The average Bonchev–Trinajstić information content (AvgIpc) is 3.19. The Labute approximate surface area is 358 Å². The summed E-state index contributed by atoms with van der Waals surface area (Å²) in [5.41, 5.74) is 1.60. The molecule has 0 saturated carbocycles. The molecule has 12 heteroatoms. The van der Waals surface area contributed by atoms with Crippen molar-refractivity contribution in [3.8, 4) is 0 Å². The van der Waals surface area contributed by atoms with Gasteiger partial charge in [-0.25, -0.2) is 4.79 Å². The first-order valence-electron chi connectivity index (χ1n) is 21.8. The molecule has 0 spiro atoms. The maximum atomic E-state index is 13.5. The topological polar surface area (TPSA) is 211 Å². The summed E-state index contributed by atoms with van der Waals surface area (Å²) in [5.74, 6) is -4.74. The summed E-state index contributed by atoms with van der Waals surface area (Å²) >= 11 is 0. The number of fused-ring (bicyclic) bond motifs is 2. The highest BCUT2D eigenvalue weighted by Crippen LogP contribution is 2.37. The summed E-state index contributed by atoms with van der Waals surface area (Å²) in [6.45, 7) is 17.4. The number of hydrogen-bond donors (Lipinski definition) is 7. The van der Waals surface area contributed by atoms with Gasteiger partial charge in [-0.1, -0.05) is 95.2 Å². The van der Waals surface area contributed by atoms with Crippen LogP contribution in [0.1, 0.15) is 127 Å². The van der Waals surface area contributed by atoms with Gasteiger partial charge in [0.15, 0.2) is 11.6 Å². The number of hydrogen-bond acceptors (Lipinski definition) is 12. The third-order valence-corrected chi connectivity index (χ3v) is 12.3. The Bertz CT molecular complexity index is 1590. The molecule has 14 atom stereocenters. The lowest BCUT2D eigenvalue weighted by atomic mass is 9.85. The lowest BCUT2D eigenvalue weighted by molar-refractivity contribution is -0.277. The summed E-state index contributed by atoms with van der Waals surface area (Å²) in [5, 5.41) is 75.7. The number of aliphatic hydroxyl groups is 7. The van der Waals surface area contributed by atoms with Crippen molar-refractivity contribution in [2.24, 2.45) is 29.6 Å². The van der Waals surface area contributed by atoms with Crippen LogP contribution >= 0.6 is 0 Å². The summed E-state index contributed by atoms with van der Waals surface area (Å²) in [6, 6.07) is 0. The van der Waals surface area contributed by atoms with Crippen molar-refractivity contribution in [2.45, 2.75) is 182 Å². The third-order valence-electron chi connectivity index (χ3n) is 12.3. The van der Waals surface area contributed by atoms with E-state index in [1.54, 1.807) is 52.8 Å². The van der Waals surface area contributed by atoms with E-state index in [1.807, 2.05) is 45.9 Å². The van der Waals surface area contributed by atoms with Crippen LogP contribution in [-0.2, 0) is 23.9 Å². The first-order chi connectivity index (χ1) is 28.0. The number of rotatable bonds is 10. The van der Waals surface area contributed by atoms with Crippen LogP contribution in [0.4, 0.5) is 0 Å². The molecule has 0 aromatic carbocycles. The molecule has 1 saturated heterocycles. The molecule has 14 unspecified atom stereocenters. The van der Waals surface area contributed by atoms with Crippen LogP contribution in [0, 0.1) is 29.6 Å². The lowest BCUT2D eigenvalue weighted by Crippen LogP contribution is -2.47. The zero-order chi connectivity index (χ0) is 45.5. The van der Waals surface area contributed by atoms with E-state index in [0.29, 0.717) is 48.8 Å². The van der Waals surface area contributed by atoms with Gasteiger partial charge < -0.3 is 45.2 Å². The van der Waals surface area contributed by atoms with E-state index in [9.17, 15) is 50.1 Å². The monoisotopic (exact) mass is 845 g/mol. The van der Waals surface area contributed by atoms with E-state index < -0.39 is 78.2 Å². The van der Waals surface area contributed by atoms with Gasteiger partial charge in [-0.2, -0.15) is 0 Å². The minimum atomic E-state index is -1.56. The molecule has 2 aliphatic rings. The standard InChI is InChI=1S/C48H76O12/c1-11-38(49)36(10)41(52)26-43(54)42(53)23-29(3)22-32(6)45-27-40(51)31(5)16-14-12-13-15-30(4)39(50)25-37-18-17-35(9)48(58,60-37)20-19-28(2)21-33(7)46(56)44(55)24-34(8)47(57)59-45/h12-14,16,19,21,23-24,30-32,35-38,40-43,45-46,49,51-54,56,58H,11,15,17-18,20,22,25-27H2,1-10H3/b13-12+,16-14+,28-19+,29-23+,33-21+,34-24+. The second-order valence-electron chi connectivity index (χ2n) is 17.9. The van der Waals surface area contributed by atoms with Gasteiger partial charge in [0.2, 0.25) is 0 Å². The number of carbonyl (C=O) groups excluding carboxylic acids is 3. The maximum Gasteiger partial charge on any atom is 0.334 e. The largest absolute Gasteiger partial charge is 0.459 e. The second-order valence-corrected chi connectivity index (χ2v) is 17.9. The van der Waals surface area contributed by atoms with Gasteiger partial charge in [-0.3, -0.25) is 9.59 Å². The number of Topliss-reactive ketones (excluding diaryl/α,β-unsaturated/α-hetero) is 1. The third kappa shape index (κ3) is 17.0. The van der Waals surface area contributed by atoms with Crippen molar-refractivity contribution in [3.05, 3.63) is 70.9 Å². The first-order valence-corrected chi connectivity index (χ1v) is 21.8. The Kier molecular flexibility index (Phi) is 22.2. The van der Waals surface area contributed by atoms with E-state index in [0.717, 1.165) is 6.08 Å². The first kappa shape index (κ1) is 53.1. The predicted molar refractivity (Wildman–Crippen MR) is 232 cm³/mol. The molecule has 0 aromatic heterocycles. The maximum absolute atomic E-state index is 13.5. The minimum Gasteiger partial charge on any atom is -0.459 e. The van der Waals surface area contributed by atoms with Gasteiger partial charge in [0.1, 0.15) is 18.0 Å². The van der Waals surface area contributed by atoms with Crippen LogP contribution in [0.5, 0.6) is 0 Å². The highest BCUT2D eigenvalue weighted by Gasteiger charge is 2.41. The summed E-state index contributed by atoms with van der Waals surface area (Å²) in [6.07, 6.45) is 7.81. The fraction of sp³-hybridized carbons (Fsp3) is 0.688. The highest BCUT2D eigenvalue weighted by molar-refractivity contribution is 6.02. The summed E-state index contributed by atoms with van der Waals surface area (Å²) < 4.78 is 12.1. The summed E-state index contributed by atoms with van der Waals surface area (Å²) in [4.78, 5) is 39.8. The Morgan fingerprint density at radius 2 is 1.62 bits per heavy atom. The lowest BCUT2D eigenvalue weighted by Gasteiger charge is -2.41. The number of ether oxygens (including phenoxy) is 2. The minimum absolute atomic E-state index is 0.0322. The van der Waals surface area contributed by atoms with Crippen molar-refractivity contribution in [1.29, 1.82) is 0 Å². The number of cyclic esters (lactones) is 1. The van der Waals surface area contributed by atoms with Crippen molar-refractivity contribution in [3.63, 3.8) is 0 Å². The van der Waals surface area contributed by atoms with Crippen molar-refractivity contribution in [1.82, 2.24) is 0 Å². The highest BCUT2D eigenvalue weighted by atomic mass is 16.6. The van der Waals surface area contributed by atoms with Crippen LogP contribution in [0.2, 0.25) is 0 Å². The number of aliphatic hydroxyl groups excluding tert-OH is 6. The van der Waals surface area contributed by atoms with Gasteiger partial charge in [-0.05, 0) is 77.4 Å². The van der Waals surface area contributed by atoms with Gasteiger partial charge in [0.05, 0.1) is 36.6 Å². The molecule has 340 valence electrons. The Morgan fingerprint density at radius 3 is 2.27 bits per heavy atom. The van der Waals surface area contributed by atoms with Crippen LogP contribution in [-0.4, -0.2) is 108 Å². The van der Waals surface area contributed by atoms with Crippen molar-refractivity contribution < 1.29 is 59.6 Å². The molecule has 2 bridgehead atoms. The molecule has 0 aliphatic carbocycles. The zero-order valence-electron chi connectivity index (χ0n) is 37.7. The normalized spacial score (nSPS) is 35.8. The number of esters is 1. The van der Waals surface area contributed by atoms with Gasteiger partial charge in [-0.15, -0.1) is 0 Å². The molecule has 2 heterocycles. The van der Waals surface area contributed by atoms with E-state index in [4.69, 9.17) is 9.47 Å². The Morgan fingerprint density at radius 1 is 0.950 bits per heavy atom. The van der Waals surface area contributed by atoms with E-state index in [-0.39, 0.29) is 54.8 Å². The molecule has 2 rings (SSSR count). The van der Waals surface area contributed by atoms with E-state index in [2.05, 4.69) is 0 Å². The van der Waals surface area contributed by atoms with Gasteiger partial charge in [0, 0.05) is 54.9 Å². The second kappa shape index (κ2) is 25.1. The van der Waals surface area contributed by atoms with Crippen LogP contribution in [0.25, 0.3) is 0 Å². The number of allylic oxidation sites excluding steroid dienone is 6. The molecule has 0 amide bonds. The SMILES string of the molecule is CCC(O)C(C)C(O)CC(O)C(O)/C=C(\C)CC(C)C1CC(O)C(C)/C=C/C=C/CC(C)C(=O)CC2CCC(C)C(O)(C/C=C(C)/C=C(\C)C(O)C(=O)/C=C(\C)C(=O)O1)O2. The molecular formula is C48H76O12. The molecular weight excluding hydrogens is 769 g/mol. The van der Waals surface area contributed by atoms with E-state index in [1.165, 1.54) is 13.0 Å². The zero-order valence-corrected chi connectivity index (χ0v) is 37.7. The number of carbonyl (C=O) groups is 3. The molecule has 60 heavy (non-hydrogen) atoms. The molecule has 12 nitrogen and oxygen atoms in total. The quantitative estimate of drug-likeness (QED) is 0.101. The smallest absolute Gasteiger partial charge is 0.334 e. The summed E-state index contributed by atoms with van der Waals surface area (Å²) in [7, 11) is 0. The molecule has 1 fully saturated rings. The Balaban J connectivity index is 2.40. The van der Waals surface area contributed by atoms with E-state index >= 15 is 0 Å². The van der Waals surface area contributed by atoms with Gasteiger partial charge in [0.25, 0.3) is 0 Å². The predicted octanol–water partition coefficient (Wildman–Crippen LogP) is 5.91. The van der Waals surface area contributed by atoms with Crippen LogP contribution < -0.4 is 0 Å². The van der Waals surface area contributed by atoms with Crippen molar-refractivity contribution in [2.75, 3.05) is 0 Å². The fourth-order valence-corrected chi connectivity index (χ4v) is 7.60. The van der Waals surface area contributed by atoms with Crippen molar-refractivity contribution >= 4 is 17.5 Å². The molecule has 0 aromatic rings. The fourth-order valence-electron chi connectivity index (χ4n) is 7.60. The molecule has 0 radical (unpaired) electrons. The molecule has 7 N–H and O–H groups in total. The van der Waals surface area contributed by atoms with Crippen LogP contribution in [0.15, 0.2) is 70.9 Å².